The molecule has 2 heterocycles. The summed E-state index contributed by atoms with van der Waals surface area (Å²) in [7, 11) is 0. The van der Waals surface area contributed by atoms with Crippen molar-refractivity contribution in [3.05, 3.63) is 90.0 Å². The second-order valence-corrected chi connectivity index (χ2v) is 8.42. The Morgan fingerprint density at radius 2 is 1.55 bits per heavy atom. The molecule has 33 heavy (non-hydrogen) atoms. The van der Waals surface area contributed by atoms with E-state index in [-0.39, 0.29) is 11.8 Å². The van der Waals surface area contributed by atoms with Gasteiger partial charge in [-0.3, -0.25) is 14.4 Å². The van der Waals surface area contributed by atoms with Gasteiger partial charge in [-0.1, -0.05) is 55.0 Å². The maximum Gasteiger partial charge on any atom is 0.266 e. The number of rotatable bonds is 6. The van der Waals surface area contributed by atoms with Crippen molar-refractivity contribution in [2.45, 2.75) is 32.4 Å². The van der Waals surface area contributed by atoms with Crippen LogP contribution >= 0.6 is 0 Å². The molecule has 0 spiro atoms. The monoisotopic (exact) mass is 442 g/mol. The Bertz CT molecular complexity index is 1150. The number of benzene rings is 3. The third-order valence-electron chi connectivity index (χ3n) is 6.11. The number of ether oxygens (including phenoxy) is 1. The van der Waals surface area contributed by atoms with E-state index in [0.717, 1.165) is 23.2 Å². The van der Waals surface area contributed by atoms with Gasteiger partial charge in [0.15, 0.2) is 6.10 Å². The minimum atomic E-state index is -0.875. The normalized spacial score (nSPS) is 22.1. The van der Waals surface area contributed by atoms with Gasteiger partial charge in [0.1, 0.15) is 11.7 Å². The molecule has 0 N–H and O–H groups in total. The first kappa shape index (κ1) is 21.2. The fourth-order valence-electron chi connectivity index (χ4n) is 4.48. The molecule has 0 saturated carbocycles. The van der Waals surface area contributed by atoms with E-state index >= 15 is 0 Å². The second kappa shape index (κ2) is 8.71. The van der Waals surface area contributed by atoms with E-state index in [1.807, 2.05) is 68.4 Å². The molecule has 2 fully saturated rings. The number of anilines is 2. The number of hydroxylamine groups is 1. The first-order chi connectivity index (χ1) is 16.1. The Balaban J connectivity index is 1.49. The number of fused-ring (bicyclic) bond motifs is 1. The fraction of sp³-hybridized carbons (Fsp3) is 0.259. The molecule has 2 aliphatic rings. The molecule has 3 atom stereocenters. The minimum Gasteiger partial charge on any atom is -0.494 e. The van der Waals surface area contributed by atoms with Crippen molar-refractivity contribution in [2.24, 2.45) is 5.92 Å². The molecular weight excluding hydrogens is 416 g/mol. The van der Waals surface area contributed by atoms with Crippen molar-refractivity contribution in [3.8, 4) is 5.75 Å². The van der Waals surface area contributed by atoms with Crippen LogP contribution in [-0.4, -0.2) is 24.5 Å². The van der Waals surface area contributed by atoms with Crippen molar-refractivity contribution >= 4 is 23.2 Å². The third kappa shape index (κ3) is 3.76. The van der Waals surface area contributed by atoms with Gasteiger partial charge in [0, 0.05) is 0 Å². The molecule has 6 nitrogen and oxygen atoms in total. The number of carbonyl (C=O) groups is 2. The van der Waals surface area contributed by atoms with Crippen molar-refractivity contribution in [2.75, 3.05) is 16.6 Å². The van der Waals surface area contributed by atoms with Crippen LogP contribution in [0.1, 0.15) is 30.5 Å². The molecule has 0 bridgehead atoms. The molecular formula is C27H26N2O4. The van der Waals surface area contributed by atoms with Gasteiger partial charge in [0.2, 0.25) is 5.91 Å². The zero-order chi connectivity index (χ0) is 22.9. The molecule has 2 aliphatic heterocycles. The van der Waals surface area contributed by atoms with E-state index in [2.05, 4.69) is 0 Å². The summed E-state index contributed by atoms with van der Waals surface area (Å²) < 4.78 is 5.63. The standard InChI is InChI=1S/C27H26N2O4/c1-3-17-32-22-15-13-20(14-16-22)28-26(30)23-24(19-11-9-18(2)10-12-19)29(33-25(23)27(28)31)21-7-5-4-6-8-21/h4-16,23-25H,3,17H2,1-2H3/t23-,24-,25-/m1/s1. The summed E-state index contributed by atoms with van der Waals surface area (Å²) in [5.41, 5.74) is 3.40. The van der Waals surface area contributed by atoms with Gasteiger partial charge in [-0.15, -0.1) is 0 Å². The Labute approximate surface area is 193 Å². The second-order valence-electron chi connectivity index (χ2n) is 8.42. The van der Waals surface area contributed by atoms with Gasteiger partial charge in [-0.2, -0.15) is 0 Å². The largest absolute Gasteiger partial charge is 0.494 e. The van der Waals surface area contributed by atoms with Crippen LogP contribution in [0, 0.1) is 12.8 Å². The predicted molar refractivity (Wildman–Crippen MR) is 126 cm³/mol. The highest BCUT2D eigenvalue weighted by Crippen LogP contribution is 2.47. The molecule has 168 valence electrons. The summed E-state index contributed by atoms with van der Waals surface area (Å²) in [4.78, 5) is 34.5. The Morgan fingerprint density at radius 1 is 0.848 bits per heavy atom. The topological polar surface area (TPSA) is 59.1 Å². The fourth-order valence-corrected chi connectivity index (χ4v) is 4.48. The minimum absolute atomic E-state index is 0.253. The van der Waals surface area contributed by atoms with E-state index in [1.54, 1.807) is 29.3 Å². The van der Waals surface area contributed by atoms with E-state index in [4.69, 9.17) is 9.57 Å². The van der Waals surface area contributed by atoms with Crippen LogP contribution in [0.3, 0.4) is 0 Å². The number of carbonyl (C=O) groups excluding carboxylic acids is 2. The lowest BCUT2D eigenvalue weighted by molar-refractivity contribution is -0.126. The average molecular weight is 443 g/mol. The maximum absolute atomic E-state index is 13.6. The van der Waals surface area contributed by atoms with E-state index < -0.39 is 18.1 Å². The van der Waals surface area contributed by atoms with E-state index in [1.165, 1.54) is 4.90 Å². The zero-order valence-electron chi connectivity index (χ0n) is 18.7. The Morgan fingerprint density at radius 3 is 2.21 bits per heavy atom. The summed E-state index contributed by atoms with van der Waals surface area (Å²) in [6, 6.07) is 24.3. The lowest BCUT2D eigenvalue weighted by Gasteiger charge is -2.28. The summed E-state index contributed by atoms with van der Waals surface area (Å²) in [6.45, 7) is 4.68. The molecule has 5 rings (SSSR count). The number of imide groups is 1. The average Bonchev–Trinajstić information content (AvgIpc) is 3.35. The highest BCUT2D eigenvalue weighted by molar-refractivity contribution is 6.23. The lowest BCUT2D eigenvalue weighted by atomic mass is 9.90. The first-order valence-electron chi connectivity index (χ1n) is 11.3. The molecule has 3 aromatic carbocycles. The van der Waals surface area contributed by atoms with Crippen LogP contribution in [0.15, 0.2) is 78.9 Å². The Hall–Kier alpha value is -3.64. The van der Waals surface area contributed by atoms with Crippen LogP contribution in [0.2, 0.25) is 0 Å². The van der Waals surface area contributed by atoms with Crippen LogP contribution < -0.4 is 14.7 Å². The molecule has 6 heteroatoms. The molecule has 0 aliphatic carbocycles. The molecule has 2 amide bonds. The highest BCUT2D eigenvalue weighted by atomic mass is 16.7. The van der Waals surface area contributed by atoms with Gasteiger partial charge in [-0.25, -0.2) is 9.96 Å². The van der Waals surface area contributed by atoms with Gasteiger partial charge in [0.05, 0.1) is 24.0 Å². The van der Waals surface area contributed by atoms with Gasteiger partial charge in [-0.05, 0) is 55.3 Å². The summed E-state index contributed by atoms with van der Waals surface area (Å²) in [6.07, 6.45) is 0.0316. The zero-order valence-corrected chi connectivity index (χ0v) is 18.7. The van der Waals surface area contributed by atoms with Crippen LogP contribution in [-0.2, 0) is 14.4 Å². The first-order valence-corrected chi connectivity index (χ1v) is 11.3. The van der Waals surface area contributed by atoms with Crippen LogP contribution in [0.25, 0.3) is 0 Å². The predicted octanol–water partition coefficient (Wildman–Crippen LogP) is 4.83. The number of hydrogen-bond acceptors (Lipinski definition) is 5. The van der Waals surface area contributed by atoms with E-state index in [0.29, 0.717) is 18.0 Å². The van der Waals surface area contributed by atoms with Crippen LogP contribution in [0.4, 0.5) is 11.4 Å². The number of nitrogens with zero attached hydrogens (tertiary/aromatic N) is 2. The van der Waals surface area contributed by atoms with Gasteiger partial charge in [0.25, 0.3) is 5.91 Å². The van der Waals surface area contributed by atoms with Crippen molar-refractivity contribution in [1.29, 1.82) is 0 Å². The smallest absolute Gasteiger partial charge is 0.266 e. The van der Waals surface area contributed by atoms with Crippen molar-refractivity contribution in [1.82, 2.24) is 0 Å². The van der Waals surface area contributed by atoms with Crippen molar-refractivity contribution < 1.29 is 19.2 Å². The number of hydrogen-bond donors (Lipinski definition) is 0. The third-order valence-corrected chi connectivity index (χ3v) is 6.11. The molecule has 0 aromatic heterocycles. The number of amides is 2. The number of aryl methyl sites for hydroxylation is 1. The summed E-state index contributed by atoms with van der Waals surface area (Å²) in [5, 5.41) is 1.72. The van der Waals surface area contributed by atoms with Crippen molar-refractivity contribution in [3.63, 3.8) is 0 Å². The van der Waals surface area contributed by atoms with E-state index in [9.17, 15) is 9.59 Å². The van der Waals surface area contributed by atoms with Gasteiger partial charge >= 0.3 is 0 Å². The lowest BCUT2D eigenvalue weighted by Crippen LogP contribution is -2.37. The molecule has 3 aromatic rings. The summed E-state index contributed by atoms with van der Waals surface area (Å²) >= 11 is 0. The summed E-state index contributed by atoms with van der Waals surface area (Å²) in [5.74, 6) is -0.528. The van der Waals surface area contributed by atoms with Gasteiger partial charge < -0.3 is 4.74 Å². The quantitative estimate of drug-likeness (QED) is 0.512. The SMILES string of the molecule is CCCOc1ccc(N2C(=O)[C@@H]3[C@@H](c4ccc(C)cc4)N(c4ccccc4)O[C@H]3C2=O)cc1. The number of para-hydroxylation sites is 1. The van der Waals surface area contributed by atoms with Crippen LogP contribution in [0.5, 0.6) is 5.75 Å². The molecule has 2 saturated heterocycles. The Kier molecular flexibility index (Phi) is 5.60. The maximum atomic E-state index is 13.6. The molecule has 0 radical (unpaired) electrons. The molecule has 0 unspecified atom stereocenters. The highest BCUT2D eigenvalue weighted by Gasteiger charge is 2.60.